The average molecular weight is 234 g/mol. The molecule has 0 fully saturated rings. The van der Waals surface area contributed by atoms with Crippen LogP contribution in [0.25, 0.3) is 0 Å². The maximum Gasteiger partial charge on any atom is 0.227 e. The van der Waals surface area contributed by atoms with E-state index in [1.165, 1.54) is 0 Å². The number of nitrogen functional groups attached to an aromatic ring is 1. The quantitative estimate of drug-likeness (QED) is 0.786. The summed E-state index contributed by atoms with van der Waals surface area (Å²) in [5.41, 5.74) is 9.41. The van der Waals surface area contributed by atoms with Crippen LogP contribution < -0.4 is 11.1 Å². The van der Waals surface area contributed by atoms with Gasteiger partial charge in [0.05, 0.1) is 0 Å². The van der Waals surface area contributed by atoms with E-state index < -0.39 is 0 Å². The van der Waals surface area contributed by atoms with Crippen LogP contribution in [0.1, 0.15) is 37.8 Å². The van der Waals surface area contributed by atoms with Gasteiger partial charge in [-0.15, -0.1) is 0 Å². The van der Waals surface area contributed by atoms with Gasteiger partial charge in [0, 0.05) is 17.3 Å². The van der Waals surface area contributed by atoms with Crippen LogP contribution in [0.2, 0.25) is 0 Å². The minimum Gasteiger partial charge on any atom is -0.399 e. The topological polar surface area (TPSA) is 55.1 Å². The van der Waals surface area contributed by atoms with E-state index in [9.17, 15) is 4.79 Å². The predicted octanol–water partition coefficient (Wildman–Crippen LogP) is 3.26. The van der Waals surface area contributed by atoms with Crippen molar-refractivity contribution in [3.63, 3.8) is 0 Å². The molecule has 0 saturated carbocycles. The van der Waals surface area contributed by atoms with E-state index in [0.29, 0.717) is 0 Å². The van der Waals surface area contributed by atoms with Crippen molar-refractivity contribution in [1.82, 2.24) is 0 Å². The smallest absolute Gasteiger partial charge is 0.227 e. The number of aryl methyl sites for hydroxylation is 2. The molecule has 3 nitrogen and oxygen atoms in total. The van der Waals surface area contributed by atoms with Crippen LogP contribution in [-0.4, -0.2) is 5.91 Å². The molecular weight excluding hydrogens is 212 g/mol. The van der Waals surface area contributed by atoms with Gasteiger partial charge < -0.3 is 11.1 Å². The molecule has 0 aliphatic carbocycles. The summed E-state index contributed by atoms with van der Waals surface area (Å²) < 4.78 is 0. The number of hydrogen-bond donors (Lipinski definition) is 2. The highest BCUT2D eigenvalue weighted by molar-refractivity contribution is 5.94. The standard InChI is InChI=1S/C14H22N2O/c1-5-6-9(2)14(17)16-13-10(3)7-12(15)8-11(13)4/h7-9H,5-6,15H2,1-4H3,(H,16,17). The number of nitrogens with one attached hydrogen (secondary N) is 1. The van der Waals surface area contributed by atoms with Gasteiger partial charge in [0.15, 0.2) is 0 Å². The Hall–Kier alpha value is -1.51. The van der Waals surface area contributed by atoms with Gasteiger partial charge in [-0.05, 0) is 43.5 Å². The zero-order chi connectivity index (χ0) is 13.0. The van der Waals surface area contributed by atoms with E-state index in [1.54, 1.807) is 0 Å². The van der Waals surface area contributed by atoms with E-state index in [2.05, 4.69) is 12.2 Å². The third kappa shape index (κ3) is 3.48. The monoisotopic (exact) mass is 234 g/mol. The Morgan fingerprint density at radius 3 is 2.35 bits per heavy atom. The van der Waals surface area contributed by atoms with Crippen LogP contribution in [0.3, 0.4) is 0 Å². The molecule has 3 heteroatoms. The summed E-state index contributed by atoms with van der Waals surface area (Å²) in [7, 11) is 0. The number of hydrogen-bond acceptors (Lipinski definition) is 2. The van der Waals surface area contributed by atoms with E-state index in [-0.39, 0.29) is 11.8 Å². The number of anilines is 2. The third-order valence-electron chi connectivity index (χ3n) is 2.97. The highest BCUT2D eigenvalue weighted by atomic mass is 16.1. The Kier molecular flexibility index (Phi) is 4.55. The molecule has 17 heavy (non-hydrogen) atoms. The zero-order valence-electron chi connectivity index (χ0n) is 11.1. The molecule has 1 rings (SSSR count). The highest BCUT2D eigenvalue weighted by Crippen LogP contribution is 2.24. The Balaban J connectivity index is 2.85. The summed E-state index contributed by atoms with van der Waals surface area (Å²) in [5, 5.41) is 3.00. The van der Waals surface area contributed by atoms with Crippen molar-refractivity contribution in [2.75, 3.05) is 11.1 Å². The number of carbonyl (C=O) groups excluding carboxylic acids is 1. The normalized spacial score (nSPS) is 12.2. The van der Waals surface area contributed by atoms with Gasteiger partial charge in [-0.25, -0.2) is 0 Å². The number of nitrogens with two attached hydrogens (primary N) is 1. The first-order valence-corrected chi connectivity index (χ1v) is 6.13. The Morgan fingerprint density at radius 2 is 1.88 bits per heavy atom. The Morgan fingerprint density at radius 1 is 1.35 bits per heavy atom. The van der Waals surface area contributed by atoms with Gasteiger partial charge in [-0.3, -0.25) is 4.79 Å². The molecule has 1 unspecified atom stereocenters. The second kappa shape index (κ2) is 5.71. The second-order valence-electron chi connectivity index (χ2n) is 4.71. The first-order valence-electron chi connectivity index (χ1n) is 6.13. The summed E-state index contributed by atoms with van der Waals surface area (Å²) in [5.74, 6) is 0.138. The van der Waals surface area contributed by atoms with Crippen molar-refractivity contribution in [2.45, 2.75) is 40.5 Å². The first kappa shape index (κ1) is 13.6. The summed E-state index contributed by atoms with van der Waals surface area (Å²) in [4.78, 5) is 11.9. The van der Waals surface area contributed by atoms with Gasteiger partial charge in [-0.2, -0.15) is 0 Å². The fourth-order valence-corrected chi connectivity index (χ4v) is 2.00. The van der Waals surface area contributed by atoms with Crippen molar-refractivity contribution >= 4 is 17.3 Å². The minimum absolute atomic E-state index is 0.0522. The number of amides is 1. The SMILES string of the molecule is CCCC(C)C(=O)Nc1c(C)cc(N)cc1C. The summed E-state index contributed by atoms with van der Waals surface area (Å²) >= 11 is 0. The molecule has 0 spiro atoms. The summed E-state index contributed by atoms with van der Waals surface area (Å²) in [6.45, 7) is 7.97. The van der Waals surface area contributed by atoms with Crippen LogP contribution in [0.15, 0.2) is 12.1 Å². The van der Waals surface area contributed by atoms with E-state index >= 15 is 0 Å². The maximum absolute atomic E-state index is 11.9. The summed E-state index contributed by atoms with van der Waals surface area (Å²) in [6.07, 6.45) is 1.94. The van der Waals surface area contributed by atoms with Crippen molar-refractivity contribution in [3.05, 3.63) is 23.3 Å². The summed E-state index contributed by atoms with van der Waals surface area (Å²) in [6, 6.07) is 3.76. The fraction of sp³-hybridized carbons (Fsp3) is 0.500. The van der Waals surface area contributed by atoms with E-state index in [0.717, 1.165) is 35.3 Å². The third-order valence-corrected chi connectivity index (χ3v) is 2.97. The molecule has 1 aromatic rings. The predicted molar refractivity (Wildman–Crippen MR) is 73.0 cm³/mol. The lowest BCUT2D eigenvalue weighted by molar-refractivity contribution is -0.119. The molecule has 0 aliphatic rings. The molecule has 0 radical (unpaired) electrons. The van der Waals surface area contributed by atoms with Crippen LogP contribution in [0.4, 0.5) is 11.4 Å². The first-order chi connectivity index (χ1) is 7.95. The molecule has 1 amide bonds. The lowest BCUT2D eigenvalue weighted by Gasteiger charge is -2.15. The largest absolute Gasteiger partial charge is 0.399 e. The lowest BCUT2D eigenvalue weighted by atomic mass is 10.0. The van der Waals surface area contributed by atoms with Crippen LogP contribution in [0, 0.1) is 19.8 Å². The molecule has 0 heterocycles. The number of rotatable bonds is 4. The van der Waals surface area contributed by atoms with Crippen LogP contribution >= 0.6 is 0 Å². The minimum atomic E-state index is 0.0522. The van der Waals surface area contributed by atoms with Gasteiger partial charge in [-0.1, -0.05) is 20.3 Å². The fourth-order valence-electron chi connectivity index (χ4n) is 2.00. The lowest BCUT2D eigenvalue weighted by Crippen LogP contribution is -2.21. The molecule has 0 aliphatic heterocycles. The molecule has 3 N–H and O–H groups in total. The Bertz CT molecular complexity index is 390. The molecule has 1 aromatic carbocycles. The van der Waals surface area contributed by atoms with Gasteiger partial charge >= 0.3 is 0 Å². The maximum atomic E-state index is 11.9. The number of benzene rings is 1. The zero-order valence-corrected chi connectivity index (χ0v) is 11.1. The highest BCUT2D eigenvalue weighted by Gasteiger charge is 2.14. The van der Waals surface area contributed by atoms with Gasteiger partial charge in [0.25, 0.3) is 0 Å². The second-order valence-corrected chi connectivity index (χ2v) is 4.71. The molecule has 1 atom stereocenters. The van der Waals surface area contributed by atoms with Gasteiger partial charge in [0.1, 0.15) is 0 Å². The molecule has 0 bridgehead atoms. The molecule has 0 saturated heterocycles. The Labute approximate surface area is 103 Å². The van der Waals surface area contributed by atoms with E-state index in [4.69, 9.17) is 5.73 Å². The molecule has 0 aromatic heterocycles. The number of carbonyl (C=O) groups is 1. The van der Waals surface area contributed by atoms with Crippen molar-refractivity contribution < 1.29 is 4.79 Å². The van der Waals surface area contributed by atoms with Crippen molar-refractivity contribution in [1.29, 1.82) is 0 Å². The van der Waals surface area contributed by atoms with Crippen molar-refractivity contribution in [2.24, 2.45) is 5.92 Å². The average Bonchev–Trinajstić information content (AvgIpc) is 2.23. The van der Waals surface area contributed by atoms with E-state index in [1.807, 2.05) is 32.9 Å². The van der Waals surface area contributed by atoms with Crippen LogP contribution in [0.5, 0.6) is 0 Å². The van der Waals surface area contributed by atoms with Crippen molar-refractivity contribution in [3.8, 4) is 0 Å². The van der Waals surface area contributed by atoms with Gasteiger partial charge in [0.2, 0.25) is 5.91 Å². The molecule has 94 valence electrons. The molecular formula is C14H22N2O. The van der Waals surface area contributed by atoms with Crippen LogP contribution in [-0.2, 0) is 4.79 Å².